The molecule has 19 heteroatoms. The Morgan fingerprint density at radius 2 is 1.14 bits per heavy atom. The number of anilines is 2. The van der Waals surface area contributed by atoms with E-state index in [1.54, 1.807) is 12.3 Å². The number of rotatable bonds is 25. The molecule has 80 heavy (non-hydrogen) atoms. The number of esters is 1. The number of hydrazine groups is 1. The lowest BCUT2D eigenvalue weighted by atomic mass is 10.1. The summed E-state index contributed by atoms with van der Waals surface area (Å²) in [6, 6.07) is 35.3. The molecule has 7 aromatic rings. The van der Waals surface area contributed by atoms with Crippen molar-refractivity contribution in [2.45, 2.75) is 33.2 Å². The highest BCUT2D eigenvalue weighted by molar-refractivity contribution is 6.33. The van der Waals surface area contributed by atoms with Gasteiger partial charge in [0.15, 0.2) is 0 Å². The summed E-state index contributed by atoms with van der Waals surface area (Å²) in [6.07, 6.45) is 11.7. The molecule has 0 aliphatic carbocycles. The first-order valence-corrected chi connectivity index (χ1v) is 27.4. The number of aromatic amines is 2. The molecule has 0 spiro atoms. The van der Waals surface area contributed by atoms with Crippen molar-refractivity contribution in [3.05, 3.63) is 190 Å². The lowest BCUT2D eigenvalue weighted by molar-refractivity contribution is -0.145. The quantitative estimate of drug-likeness (QED) is 0.0139. The molecule has 0 unspecified atom stereocenters. The molecule has 0 bridgehead atoms. The molecule has 5 N–H and O–H groups in total. The number of piperazine rings is 2. The van der Waals surface area contributed by atoms with E-state index in [0.29, 0.717) is 112 Å². The number of nitrogens with two attached hydrogens (primary N) is 1. The Morgan fingerprint density at radius 1 is 0.637 bits per heavy atom. The van der Waals surface area contributed by atoms with Crippen LogP contribution in [0.5, 0.6) is 23.0 Å². The van der Waals surface area contributed by atoms with Gasteiger partial charge in [-0.05, 0) is 46.9 Å². The van der Waals surface area contributed by atoms with Crippen molar-refractivity contribution in [3.8, 4) is 45.5 Å². The number of allylic oxidation sites excluding steroid dienone is 3. The first kappa shape index (κ1) is 56.7. The number of ether oxygens (including phenoxy) is 5. The van der Waals surface area contributed by atoms with Gasteiger partial charge in [0.25, 0.3) is 0 Å². The lowest BCUT2D eigenvalue weighted by Gasteiger charge is -2.35. The maximum Gasteiger partial charge on any atom is 0.320 e. The summed E-state index contributed by atoms with van der Waals surface area (Å²) in [7, 11) is 0. The largest absolute Gasteiger partial charge is 0.488 e. The third kappa shape index (κ3) is 15.2. The van der Waals surface area contributed by atoms with E-state index in [2.05, 4.69) is 52.0 Å². The fourth-order valence-corrected chi connectivity index (χ4v) is 10.0. The second kappa shape index (κ2) is 28.2. The van der Waals surface area contributed by atoms with Crippen molar-refractivity contribution in [3.63, 3.8) is 0 Å². The number of hydrogen-bond acceptors (Lipinski definition) is 14. The van der Waals surface area contributed by atoms with Gasteiger partial charge in [-0.1, -0.05) is 139 Å². The van der Waals surface area contributed by atoms with Crippen LogP contribution in [0.3, 0.4) is 0 Å². The molecule has 0 atom stereocenters. The normalized spacial score (nSPS) is 14.3. The van der Waals surface area contributed by atoms with Crippen LogP contribution in [-0.4, -0.2) is 121 Å². The van der Waals surface area contributed by atoms with Crippen molar-refractivity contribution in [2.75, 3.05) is 88.5 Å². The number of halogens is 2. The van der Waals surface area contributed by atoms with Crippen molar-refractivity contribution >= 4 is 46.5 Å². The average Bonchev–Trinajstić information content (AvgIpc) is 4.20. The molecular formula is C61H66Cl2N10O7. The topological polar surface area (TPSA) is 189 Å². The standard InChI is InChI=1S/C61H66Cl2N10O7/c1-3-12-44(13-4-2)39-79-56-33-54(77-40-45-14-7-5-8-15-45)48(31-50(56)62)61-53(36-66-69-61)73-27-23-71(24-28-73)38-59(75)76-29-20-43-18-11-19-47(30-43)42-80-57-34-55(78-41-46-16-9-6-10-17-46)49(32-51(57)63)60-52(35-65-68-60)72-25-21-70(22-26-72)37-58(74)67-64/h3-19,30-36H,1,20-29,37-42,64H2,2H3,(H,65,68)(H,66,69)(H,67,74)/b13-4-,44-12+. The van der Waals surface area contributed by atoms with Gasteiger partial charge in [0.05, 0.1) is 64.9 Å². The molecule has 2 saturated heterocycles. The number of amides is 1. The highest BCUT2D eigenvalue weighted by Crippen LogP contribution is 2.44. The van der Waals surface area contributed by atoms with Crippen LogP contribution in [0.4, 0.5) is 11.4 Å². The minimum atomic E-state index is -0.279. The lowest BCUT2D eigenvalue weighted by Crippen LogP contribution is -2.50. The Labute approximate surface area is 476 Å². The third-order valence-corrected chi connectivity index (χ3v) is 14.4. The summed E-state index contributed by atoms with van der Waals surface area (Å²) in [5.74, 6) is 6.94. The summed E-state index contributed by atoms with van der Waals surface area (Å²) in [6.45, 7) is 13.0. The van der Waals surface area contributed by atoms with E-state index in [1.165, 1.54) is 0 Å². The van der Waals surface area contributed by atoms with E-state index in [1.807, 2.05) is 141 Å². The molecule has 1 amide bonds. The van der Waals surface area contributed by atoms with Gasteiger partial charge in [0, 0.05) is 82.0 Å². The van der Waals surface area contributed by atoms with Gasteiger partial charge in [0.2, 0.25) is 5.91 Å². The van der Waals surface area contributed by atoms with E-state index in [0.717, 1.165) is 61.7 Å². The zero-order valence-electron chi connectivity index (χ0n) is 44.8. The van der Waals surface area contributed by atoms with Crippen LogP contribution >= 0.6 is 23.2 Å². The maximum atomic E-state index is 13.2. The molecule has 2 fully saturated rings. The summed E-state index contributed by atoms with van der Waals surface area (Å²) in [5, 5.41) is 16.1. The smallest absolute Gasteiger partial charge is 0.320 e. The van der Waals surface area contributed by atoms with Crippen LogP contribution < -0.4 is 40.0 Å². The average molecular weight is 1120 g/mol. The van der Waals surface area contributed by atoms with Crippen LogP contribution in [0.25, 0.3) is 22.5 Å². The van der Waals surface area contributed by atoms with Gasteiger partial charge >= 0.3 is 5.97 Å². The molecule has 0 radical (unpaired) electrons. The molecule has 4 heterocycles. The summed E-state index contributed by atoms with van der Waals surface area (Å²) < 4.78 is 31.3. The highest BCUT2D eigenvalue weighted by Gasteiger charge is 2.27. The minimum Gasteiger partial charge on any atom is -0.488 e. The van der Waals surface area contributed by atoms with Gasteiger partial charge in [-0.2, -0.15) is 10.2 Å². The Hall–Kier alpha value is -8.06. The zero-order valence-corrected chi connectivity index (χ0v) is 46.3. The maximum absolute atomic E-state index is 13.2. The number of benzene rings is 5. The van der Waals surface area contributed by atoms with E-state index in [9.17, 15) is 9.59 Å². The predicted molar refractivity (Wildman–Crippen MR) is 313 cm³/mol. The van der Waals surface area contributed by atoms with Crippen LogP contribution in [-0.2, 0) is 40.6 Å². The van der Waals surface area contributed by atoms with Crippen molar-refractivity contribution in [1.82, 2.24) is 35.6 Å². The van der Waals surface area contributed by atoms with Crippen molar-refractivity contribution < 1.29 is 33.3 Å². The number of carbonyl (C=O) groups is 2. The van der Waals surface area contributed by atoms with Crippen molar-refractivity contribution in [2.24, 2.45) is 5.84 Å². The number of carbonyl (C=O) groups excluding carboxylic acids is 2. The molecule has 0 saturated carbocycles. The van der Waals surface area contributed by atoms with Gasteiger partial charge < -0.3 is 33.5 Å². The van der Waals surface area contributed by atoms with E-state index >= 15 is 0 Å². The summed E-state index contributed by atoms with van der Waals surface area (Å²) >= 11 is 13.9. The number of nitrogens with one attached hydrogen (secondary N) is 3. The number of nitrogens with zero attached hydrogens (tertiary/aromatic N) is 6. The first-order chi connectivity index (χ1) is 39.1. The van der Waals surface area contributed by atoms with Gasteiger partial charge in [0.1, 0.15) is 49.4 Å². The SMILES string of the molecule is C=C/C=C(\C=C/C)COc1cc(OCc2ccccc2)c(-c2[nH]ncc2N2CCN(CC(=O)OCCc3cccc(COc4cc(OCc5ccccc5)c(-c5[nH]ncc5N5CCN(CC(=O)NN)CC5)cc4Cl)c3)CC2)cc1Cl. The monoisotopic (exact) mass is 1120 g/mol. The number of hydrogen-bond donors (Lipinski definition) is 4. The van der Waals surface area contributed by atoms with Gasteiger partial charge in [-0.25, -0.2) is 5.84 Å². The Kier molecular flexibility index (Phi) is 20.0. The first-order valence-electron chi connectivity index (χ1n) is 26.6. The van der Waals surface area contributed by atoms with Gasteiger partial charge in [-0.3, -0.25) is 35.0 Å². The van der Waals surface area contributed by atoms with Crippen LogP contribution in [0.15, 0.2) is 158 Å². The van der Waals surface area contributed by atoms with E-state index in [4.69, 9.17) is 52.7 Å². The molecule has 2 aliphatic heterocycles. The molecule has 5 aromatic carbocycles. The Bertz CT molecular complexity index is 3240. The van der Waals surface area contributed by atoms with Gasteiger partial charge in [-0.15, -0.1) is 0 Å². The molecule has 17 nitrogen and oxygen atoms in total. The predicted octanol–water partition coefficient (Wildman–Crippen LogP) is 9.60. The summed E-state index contributed by atoms with van der Waals surface area (Å²) in [4.78, 5) is 33.8. The Balaban J connectivity index is 0.782. The molecule has 9 rings (SSSR count). The summed E-state index contributed by atoms with van der Waals surface area (Å²) in [5.41, 5.74) is 11.9. The molecule has 2 aromatic heterocycles. The molecular weight excluding hydrogens is 1060 g/mol. The second-order valence-corrected chi connectivity index (χ2v) is 20.1. The van der Waals surface area contributed by atoms with Crippen molar-refractivity contribution in [1.29, 1.82) is 0 Å². The Morgan fingerprint density at radius 3 is 1.68 bits per heavy atom. The minimum absolute atomic E-state index is 0.179. The van der Waals surface area contributed by atoms with Crippen LogP contribution in [0, 0.1) is 0 Å². The van der Waals surface area contributed by atoms with Crippen LogP contribution in [0.1, 0.15) is 29.2 Å². The molecule has 2 aliphatic rings. The number of aromatic nitrogens is 4. The number of H-pyrrole nitrogens is 2. The van der Waals surface area contributed by atoms with E-state index < -0.39 is 0 Å². The third-order valence-electron chi connectivity index (χ3n) is 13.8. The molecule has 416 valence electrons. The van der Waals surface area contributed by atoms with E-state index in [-0.39, 0.29) is 38.2 Å². The fourth-order valence-electron chi connectivity index (χ4n) is 9.59. The zero-order chi connectivity index (χ0) is 55.6. The van der Waals surface area contributed by atoms with Crippen LogP contribution in [0.2, 0.25) is 10.0 Å². The highest BCUT2D eigenvalue weighted by atomic mass is 35.5. The fraction of sp³-hybridized carbons (Fsp3) is 0.279. The second-order valence-electron chi connectivity index (χ2n) is 19.3.